The number of benzene rings is 1. The zero-order valence-electron chi connectivity index (χ0n) is 10.5. The highest BCUT2D eigenvalue weighted by Crippen LogP contribution is 2.41. The highest BCUT2D eigenvalue weighted by molar-refractivity contribution is 5.36. The minimum absolute atomic E-state index is 0.0297. The highest BCUT2D eigenvalue weighted by atomic mass is 16.5. The maximum absolute atomic E-state index is 9.53. The van der Waals surface area contributed by atoms with Crippen molar-refractivity contribution in [1.82, 2.24) is 0 Å². The van der Waals surface area contributed by atoms with Crippen molar-refractivity contribution in [2.75, 3.05) is 26.9 Å². The standard InChI is InChI=1S/C14H20O3/c1-3-11(8-15)14(9-17-10-14)12-5-4-6-13(7-12)16-2/h4-7,11,15H,3,8-10H2,1-2H3. The van der Waals surface area contributed by atoms with E-state index in [-0.39, 0.29) is 17.9 Å². The molecule has 1 aliphatic rings. The van der Waals surface area contributed by atoms with E-state index < -0.39 is 0 Å². The molecule has 1 N–H and O–H groups in total. The number of aliphatic hydroxyl groups excluding tert-OH is 1. The van der Waals surface area contributed by atoms with Gasteiger partial charge in [0.1, 0.15) is 5.75 Å². The Kier molecular flexibility index (Phi) is 3.69. The molecule has 0 aromatic heterocycles. The molecule has 1 fully saturated rings. The molecule has 1 aliphatic heterocycles. The summed E-state index contributed by atoms with van der Waals surface area (Å²) in [5, 5.41) is 9.53. The molecule has 0 saturated carbocycles. The number of rotatable bonds is 5. The summed E-state index contributed by atoms with van der Waals surface area (Å²) < 4.78 is 10.7. The number of aliphatic hydroxyl groups is 1. The second-order valence-corrected chi connectivity index (χ2v) is 4.67. The first-order chi connectivity index (χ1) is 8.26. The molecule has 94 valence electrons. The van der Waals surface area contributed by atoms with Crippen molar-refractivity contribution in [2.45, 2.75) is 18.8 Å². The zero-order chi connectivity index (χ0) is 12.3. The molecule has 1 aromatic rings. The molecule has 1 atom stereocenters. The van der Waals surface area contributed by atoms with Gasteiger partial charge in [-0.15, -0.1) is 0 Å². The average Bonchev–Trinajstić information content (AvgIpc) is 2.33. The van der Waals surface area contributed by atoms with E-state index in [0.29, 0.717) is 13.2 Å². The molecule has 1 heterocycles. The Hall–Kier alpha value is -1.06. The lowest BCUT2D eigenvalue weighted by atomic mass is 9.68. The molecular formula is C14H20O3. The lowest BCUT2D eigenvalue weighted by molar-refractivity contribution is -0.101. The summed E-state index contributed by atoms with van der Waals surface area (Å²) in [6, 6.07) is 8.10. The summed E-state index contributed by atoms with van der Waals surface area (Å²) >= 11 is 0. The first-order valence-electron chi connectivity index (χ1n) is 6.10. The minimum Gasteiger partial charge on any atom is -0.497 e. The van der Waals surface area contributed by atoms with Crippen molar-refractivity contribution in [1.29, 1.82) is 0 Å². The summed E-state index contributed by atoms with van der Waals surface area (Å²) in [5.41, 5.74) is 1.18. The normalized spacial score (nSPS) is 19.5. The van der Waals surface area contributed by atoms with E-state index >= 15 is 0 Å². The molecule has 3 nitrogen and oxygen atoms in total. The number of hydrogen-bond donors (Lipinski definition) is 1. The van der Waals surface area contributed by atoms with Crippen molar-refractivity contribution >= 4 is 0 Å². The first-order valence-corrected chi connectivity index (χ1v) is 6.10. The van der Waals surface area contributed by atoms with Crippen LogP contribution in [0.2, 0.25) is 0 Å². The van der Waals surface area contributed by atoms with Crippen molar-refractivity contribution in [3.8, 4) is 5.75 Å². The summed E-state index contributed by atoms with van der Waals surface area (Å²) in [5.74, 6) is 1.12. The Labute approximate surface area is 102 Å². The second kappa shape index (κ2) is 5.07. The summed E-state index contributed by atoms with van der Waals surface area (Å²) in [4.78, 5) is 0. The van der Waals surface area contributed by atoms with Gasteiger partial charge in [0.15, 0.2) is 0 Å². The zero-order valence-corrected chi connectivity index (χ0v) is 10.5. The largest absolute Gasteiger partial charge is 0.497 e. The molecule has 2 rings (SSSR count). The molecule has 0 spiro atoms. The van der Waals surface area contributed by atoms with Gasteiger partial charge in [-0.3, -0.25) is 0 Å². The number of methoxy groups -OCH3 is 1. The maximum atomic E-state index is 9.53. The van der Waals surface area contributed by atoms with E-state index in [9.17, 15) is 5.11 Å². The predicted octanol–water partition coefficient (Wildman–Crippen LogP) is 1.98. The smallest absolute Gasteiger partial charge is 0.119 e. The monoisotopic (exact) mass is 236 g/mol. The van der Waals surface area contributed by atoms with Crippen LogP contribution < -0.4 is 4.74 Å². The quantitative estimate of drug-likeness (QED) is 0.849. The van der Waals surface area contributed by atoms with E-state index in [4.69, 9.17) is 9.47 Å². The minimum atomic E-state index is -0.0297. The van der Waals surface area contributed by atoms with Crippen LogP contribution in [0.25, 0.3) is 0 Å². The van der Waals surface area contributed by atoms with Gasteiger partial charge in [-0.1, -0.05) is 25.5 Å². The summed E-state index contributed by atoms with van der Waals surface area (Å²) in [7, 11) is 1.67. The fraction of sp³-hybridized carbons (Fsp3) is 0.571. The van der Waals surface area contributed by atoms with Gasteiger partial charge >= 0.3 is 0 Å². The van der Waals surface area contributed by atoms with Crippen LogP contribution >= 0.6 is 0 Å². The van der Waals surface area contributed by atoms with Crippen LogP contribution in [0, 0.1) is 5.92 Å². The van der Waals surface area contributed by atoms with Crippen LogP contribution in [-0.4, -0.2) is 32.0 Å². The van der Waals surface area contributed by atoms with Crippen molar-refractivity contribution in [3.63, 3.8) is 0 Å². The maximum Gasteiger partial charge on any atom is 0.119 e. The van der Waals surface area contributed by atoms with E-state index in [2.05, 4.69) is 19.1 Å². The molecule has 17 heavy (non-hydrogen) atoms. The summed E-state index contributed by atoms with van der Waals surface area (Å²) in [6.45, 7) is 3.71. The number of ether oxygens (including phenoxy) is 2. The fourth-order valence-corrected chi connectivity index (χ4v) is 2.59. The molecule has 0 amide bonds. The Bertz CT molecular complexity index is 367. The molecule has 0 aliphatic carbocycles. The van der Waals surface area contributed by atoms with Gasteiger partial charge in [-0.2, -0.15) is 0 Å². The van der Waals surface area contributed by atoms with Gasteiger partial charge in [0, 0.05) is 12.0 Å². The molecule has 1 saturated heterocycles. The van der Waals surface area contributed by atoms with Gasteiger partial charge in [0.05, 0.1) is 20.3 Å². The van der Waals surface area contributed by atoms with Crippen LogP contribution in [0.4, 0.5) is 0 Å². The predicted molar refractivity (Wildman–Crippen MR) is 66.4 cm³/mol. The van der Waals surface area contributed by atoms with Gasteiger partial charge in [-0.05, 0) is 23.6 Å². The van der Waals surface area contributed by atoms with E-state index in [1.807, 2.05) is 12.1 Å². The lowest BCUT2D eigenvalue weighted by Crippen LogP contribution is -2.53. The topological polar surface area (TPSA) is 38.7 Å². The van der Waals surface area contributed by atoms with Gasteiger partial charge in [0.25, 0.3) is 0 Å². The van der Waals surface area contributed by atoms with Crippen molar-refractivity contribution in [2.24, 2.45) is 5.92 Å². The number of hydrogen-bond acceptors (Lipinski definition) is 3. The molecule has 3 heteroatoms. The Morgan fingerprint density at radius 2 is 2.24 bits per heavy atom. The Balaban J connectivity index is 2.33. The summed E-state index contributed by atoms with van der Waals surface area (Å²) in [6.07, 6.45) is 0.955. The first kappa shape index (κ1) is 12.4. The molecule has 1 aromatic carbocycles. The highest BCUT2D eigenvalue weighted by Gasteiger charge is 2.46. The average molecular weight is 236 g/mol. The van der Waals surface area contributed by atoms with Gasteiger partial charge < -0.3 is 14.6 Å². The van der Waals surface area contributed by atoms with E-state index in [0.717, 1.165) is 12.2 Å². The third-order valence-electron chi connectivity index (χ3n) is 3.86. The lowest BCUT2D eigenvalue weighted by Gasteiger charge is -2.47. The molecule has 0 bridgehead atoms. The van der Waals surface area contributed by atoms with Crippen LogP contribution in [0.1, 0.15) is 18.9 Å². The van der Waals surface area contributed by atoms with Crippen molar-refractivity contribution in [3.05, 3.63) is 29.8 Å². The Morgan fingerprint density at radius 3 is 2.71 bits per heavy atom. The molecule has 1 unspecified atom stereocenters. The van der Waals surface area contributed by atoms with Gasteiger partial charge in [0.2, 0.25) is 0 Å². The van der Waals surface area contributed by atoms with Crippen LogP contribution in [0.15, 0.2) is 24.3 Å². The molecular weight excluding hydrogens is 216 g/mol. The Morgan fingerprint density at radius 1 is 1.47 bits per heavy atom. The third kappa shape index (κ3) is 2.05. The SMILES string of the molecule is CCC(CO)C1(c2cccc(OC)c2)COC1. The van der Waals surface area contributed by atoms with Crippen LogP contribution in [0.3, 0.4) is 0 Å². The second-order valence-electron chi connectivity index (χ2n) is 4.67. The van der Waals surface area contributed by atoms with Crippen molar-refractivity contribution < 1.29 is 14.6 Å². The fourth-order valence-electron chi connectivity index (χ4n) is 2.59. The molecule has 0 radical (unpaired) electrons. The van der Waals surface area contributed by atoms with Gasteiger partial charge in [-0.25, -0.2) is 0 Å². The third-order valence-corrected chi connectivity index (χ3v) is 3.86. The van der Waals surface area contributed by atoms with E-state index in [1.54, 1.807) is 7.11 Å². The van der Waals surface area contributed by atoms with E-state index in [1.165, 1.54) is 5.56 Å². The van der Waals surface area contributed by atoms with Crippen LogP contribution in [-0.2, 0) is 10.2 Å². The van der Waals surface area contributed by atoms with Crippen LogP contribution in [0.5, 0.6) is 5.75 Å².